The number of hydrogen-bond acceptors (Lipinski definition) is 5. The fraction of sp³-hybridized carbons (Fsp3) is 0.538. The zero-order valence-corrected chi connectivity index (χ0v) is 14.1. The summed E-state index contributed by atoms with van der Waals surface area (Å²) in [4.78, 5) is 1.61. The van der Waals surface area contributed by atoms with E-state index >= 15 is 0 Å². The Hall–Kier alpha value is -0.510. The maximum absolute atomic E-state index is 13.5. The molecule has 0 aliphatic heterocycles. The number of hydrogen-bond donors (Lipinski definition) is 3. The third-order valence-corrected chi connectivity index (χ3v) is 3.14. The van der Waals surface area contributed by atoms with Gasteiger partial charge in [-0.05, 0) is 12.1 Å². The van der Waals surface area contributed by atoms with Gasteiger partial charge in [-0.2, -0.15) is 0 Å². The number of benzene rings is 1. The Morgan fingerprint density at radius 1 is 1.14 bits per heavy atom. The van der Waals surface area contributed by atoms with Crippen LogP contribution < -0.4 is 4.74 Å². The molecular weight excluding hydrogens is 387 g/mol. The van der Waals surface area contributed by atoms with Crippen molar-refractivity contribution in [2.45, 2.75) is 6.10 Å². The molecule has 22 heavy (non-hydrogen) atoms. The van der Waals surface area contributed by atoms with Gasteiger partial charge in [0.1, 0.15) is 12.7 Å². The van der Waals surface area contributed by atoms with Crippen LogP contribution in [0.25, 0.3) is 0 Å². The Balaban J connectivity index is 0.00000441. The quantitative estimate of drug-likeness (QED) is 0.574. The van der Waals surface area contributed by atoms with E-state index in [1.54, 1.807) is 4.90 Å². The van der Waals surface area contributed by atoms with Crippen LogP contribution in [0.3, 0.4) is 0 Å². The van der Waals surface area contributed by atoms with Crippen LogP contribution in [-0.2, 0) is 0 Å². The fourth-order valence-electron chi connectivity index (χ4n) is 1.77. The van der Waals surface area contributed by atoms with Crippen LogP contribution >= 0.6 is 28.3 Å². The van der Waals surface area contributed by atoms with Crippen molar-refractivity contribution in [3.8, 4) is 5.75 Å². The Kier molecular flexibility index (Phi) is 10.8. The molecule has 0 aromatic heterocycles. The van der Waals surface area contributed by atoms with Crippen LogP contribution in [0.4, 0.5) is 8.78 Å². The SMILES string of the molecule is Cl.OCCN(CCO)CC(O)COc1c(F)cc(Br)cc1F. The lowest BCUT2D eigenvalue weighted by molar-refractivity contribution is 0.0530. The van der Waals surface area contributed by atoms with Crippen LogP contribution in [0.1, 0.15) is 0 Å². The normalized spacial score (nSPS) is 12.1. The van der Waals surface area contributed by atoms with Gasteiger partial charge in [0.15, 0.2) is 17.4 Å². The van der Waals surface area contributed by atoms with Gasteiger partial charge >= 0.3 is 0 Å². The highest BCUT2D eigenvalue weighted by Crippen LogP contribution is 2.25. The predicted octanol–water partition coefficient (Wildman–Crippen LogP) is 1.18. The first-order valence-corrected chi connectivity index (χ1v) is 7.16. The third kappa shape index (κ3) is 7.17. The minimum atomic E-state index is -1.01. The lowest BCUT2D eigenvalue weighted by atomic mass is 10.3. The molecule has 1 aromatic rings. The molecule has 0 heterocycles. The minimum absolute atomic E-state index is 0. The van der Waals surface area contributed by atoms with Crippen molar-refractivity contribution >= 4 is 28.3 Å². The van der Waals surface area contributed by atoms with Gasteiger partial charge in [0, 0.05) is 24.1 Å². The van der Waals surface area contributed by atoms with E-state index in [4.69, 9.17) is 14.9 Å². The Labute approximate surface area is 142 Å². The molecule has 0 aliphatic rings. The number of rotatable bonds is 9. The summed E-state index contributed by atoms with van der Waals surface area (Å²) in [5.74, 6) is -2.28. The highest BCUT2D eigenvalue weighted by molar-refractivity contribution is 9.10. The third-order valence-electron chi connectivity index (χ3n) is 2.68. The zero-order valence-electron chi connectivity index (χ0n) is 11.7. The standard InChI is InChI=1S/C13H18BrF2NO4.ClH/c14-9-5-11(15)13(12(16)6-9)21-8-10(20)7-17(1-3-18)2-4-19;/h5-6,10,18-20H,1-4,7-8H2;1H. The first-order chi connectivity index (χ1) is 9.97. The largest absolute Gasteiger partial charge is 0.485 e. The highest BCUT2D eigenvalue weighted by atomic mass is 79.9. The molecule has 1 atom stereocenters. The molecule has 9 heteroatoms. The smallest absolute Gasteiger partial charge is 0.190 e. The number of nitrogens with zero attached hydrogens (tertiary/aromatic N) is 1. The van der Waals surface area contributed by atoms with E-state index in [0.717, 1.165) is 12.1 Å². The molecule has 0 bridgehead atoms. The molecule has 3 N–H and O–H groups in total. The van der Waals surface area contributed by atoms with Crippen LogP contribution in [0.2, 0.25) is 0 Å². The summed E-state index contributed by atoms with van der Waals surface area (Å²) in [5, 5.41) is 27.5. The van der Waals surface area contributed by atoms with Gasteiger partial charge in [-0.25, -0.2) is 8.78 Å². The van der Waals surface area contributed by atoms with Gasteiger partial charge in [0.2, 0.25) is 0 Å². The van der Waals surface area contributed by atoms with E-state index in [-0.39, 0.29) is 56.3 Å². The molecule has 1 unspecified atom stereocenters. The topological polar surface area (TPSA) is 73.2 Å². The van der Waals surface area contributed by atoms with E-state index in [0.29, 0.717) is 0 Å². The molecule has 0 amide bonds. The predicted molar refractivity (Wildman–Crippen MR) is 83.4 cm³/mol. The molecule has 1 rings (SSSR count). The first kappa shape index (κ1) is 21.5. The summed E-state index contributed by atoms with van der Waals surface area (Å²) in [5.41, 5.74) is 0. The summed E-state index contributed by atoms with van der Waals surface area (Å²) >= 11 is 2.96. The van der Waals surface area contributed by atoms with Crippen LogP contribution in [-0.4, -0.2) is 65.8 Å². The maximum atomic E-state index is 13.5. The molecule has 0 saturated carbocycles. The second-order valence-electron chi connectivity index (χ2n) is 4.41. The fourth-order valence-corrected chi connectivity index (χ4v) is 2.18. The molecule has 0 spiro atoms. The molecule has 0 saturated heterocycles. The lowest BCUT2D eigenvalue weighted by Crippen LogP contribution is -2.39. The summed E-state index contributed by atoms with van der Waals surface area (Å²) in [7, 11) is 0. The summed E-state index contributed by atoms with van der Waals surface area (Å²) < 4.78 is 32.2. The van der Waals surface area contributed by atoms with Crippen molar-refractivity contribution in [3.63, 3.8) is 0 Å². The van der Waals surface area contributed by atoms with Crippen LogP contribution in [0.15, 0.2) is 16.6 Å². The van der Waals surface area contributed by atoms with Gasteiger partial charge in [0.05, 0.1) is 13.2 Å². The molecule has 5 nitrogen and oxygen atoms in total. The van der Waals surface area contributed by atoms with E-state index in [2.05, 4.69) is 15.9 Å². The monoisotopic (exact) mass is 405 g/mol. The van der Waals surface area contributed by atoms with Gasteiger partial charge < -0.3 is 20.1 Å². The summed E-state index contributed by atoms with van der Waals surface area (Å²) in [6.45, 7) is 0.119. The Morgan fingerprint density at radius 2 is 1.64 bits per heavy atom. The van der Waals surface area contributed by atoms with Crippen LogP contribution in [0, 0.1) is 11.6 Å². The first-order valence-electron chi connectivity index (χ1n) is 6.37. The van der Waals surface area contributed by atoms with Crippen molar-refractivity contribution in [3.05, 3.63) is 28.2 Å². The molecular formula is C13H19BrClF2NO4. The molecule has 0 aliphatic carbocycles. The average Bonchev–Trinajstić information content (AvgIpc) is 2.37. The molecule has 1 aromatic carbocycles. The molecule has 128 valence electrons. The number of aliphatic hydroxyl groups is 3. The maximum Gasteiger partial charge on any atom is 0.190 e. The number of halogens is 4. The second kappa shape index (κ2) is 11.1. The van der Waals surface area contributed by atoms with Crippen molar-refractivity contribution in [1.29, 1.82) is 0 Å². The minimum Gasteiger partial charge on any atom is -0.485 e. The van der Waals surface area contributed by atoms with E-state index in [1.807, 2.05) is 0 Å². The van der Waals surface area contributed by atoms with Crippen molar-refractivity contribution in [2.24, 2.45) is 0 Å². The van der Waals surface area contributed by atoms with E-state index < -0.39 is 23.5 Å². The molecule has 0 radical (unpaired) electrons. The van der Waals surface area contributed by atoms with Gasteiger partial charge in [-0.1, -0.05) is 15.9 Å². The average molecular weight is 407 g/mol. The van der Waals surface area contributed by atoms with Gasteiger partial charge in [0.25, 0.3) is 0 Å². The number of aliphatic hydroxyl groups excluding tert-OH is 3. The van der Waals surface area contributed by atoms with Crippen molar-refractivity contribution in [2.75, 3.05) is 39.5 Å². The Morgan fingerprint density at radius 3 is 2.09 bits per heavy atom. The summed E-state index contributed by atoms with van der Waals surface area (Å²) in [6.07, 6.45) is -1.01. The Bertz CT molecular complexity index is 427. The van der Waals surface area contributed by atoms with Crippen LogP contribution in [0.5, 0.6) is 5.75 Å². The van der Waals surface area contributed by atoms with Crippen molar-refractivity contribution in [1.82, 2.24) is 4.90 Å². The lowest BCUT2D eigenvalue weighted by Gasteiger charge is -2.23. The second-order valence-corrected chi connectivity index (χ2v) is 5.33. The summed E-state index contributed by atoms with van der Waals surface area (Å²) in [6, 6.07) is 2.13. The van der Waals surface area contributed by atoms with E-state index in [1.165, 1.54) is 0 Å². The number of ether oxygens (including phenoxy) is 1. The van der Waals surface area contributed by atoms with Gasteiger partial charge in [-0.3, -0.25) is 4.90 Å². The van der Waals surface area contributed by atoms with Gasteiger partial charge in [-0.15, -0.1) is 12.4 Å². The highest BCUT2D eigenvalue weighted by Gasteiger charge is 2.16. The zero-order chi connectivity index (χ0) is 15.8. The van der Waals surface area contributed by atoms with E-state index in [9.17, 15) is 13.9 Å². The molecule has 0 fully saturated rings. The van der Waals surface area contributed by atoms with Crippen molar-refractivity contribution < 1.29 is 28.8 Å².